The standard InChI is InChI=1S/C15H24N2O3/c1-15(2,3)12-8-17-13(20-12)9-16-11-6-4-5-10(7-11)14(18)19/h8,10-11,16H,4-7,9H2,1-3H3,(H,18,19). The molecule has 1 aromatic heterocycles. The number of oxazole rings is 1. The Bertz CT molecular complexity index is 462. The highest BCUT2D eigenvalue weighted by Gasteiger charge is 2.27. The number of carbonyl (C=O) groups is 1. The Kier molecular flexibility index (Phi) is 4.48. The fourth-order valence-corrected chi connectivity index (χ4v) is 2.57. The van der Waals surface area contributed by atoms with Gasteiger partial charge in [-0.3, -0.25) is 4.79 Å². The van der Waals surface area contributed by atoms with E-state index in [1.54, 1.807) is 6.20 Å². The number of carboxylic acid groups (broad SMARTS) is 1. The summed E-state index contributed by atoms with van der Waals surface area (Å²) in [5.41, 5.74) is -0.0372. The third-order valence-corrected chi connectivity index (χ3v) is 3.86. The smallest absolute Gasteiger partial charge is 0.306 e. The lowest BCUT2D eigenvalue weighted by Crippen LogP contribution is -2.36. The highest BCUT2D eigenvalue weighted by Crippen LogP contribution is 2.25. The van der Waals surface area contributed by atoms with Crippen molar-refractivity contribution < 1.29 is 14.3 Å². The summed E-state index contributed by atoms with van der Waals surface area (Å²) in [5, 5.41) is 12.4. The van der Waals surface area contributed by atoms with E-state index in [4.69, 9.17) is 9.52 Å². The molecule has 2 unspecified atom stereocenters. The van der Waals surface area contributed by atoms with Crippen LogP contribution in [0, 0.1) is 5.92 Å². The van der Waals surface area contributed by atoms with Crippen molar-refractivity contribution in [3.8, 4) is 0 Å². The molecule has 2 atom stereocenters. The van der Waals surface area contributed by atoms with Gasteiger partial charge in [-0.15, -0.1) is 0 Å². The van der Waals surface area contributed by atoms with Crippen LogP contribution in [0.2, 0.25) is 0 Å². The molecular formula is C15H24N2O3. The summed E-state index contributed by atoms with van der Waals surface area (Å²) in [4.78, 5) is 15.3. The maximum atomic E-state index is 11.0. The number of nitrogens with one attached hydrogen (secondary N) is 1. The molecule has 0 amide bonds. The summed E-state index contributed by atoms with van der Waals surface area (Å²) in [5.74, 6) is 0.660. The Hall–Kier alpha value is -1.36. The van der Waals surface area contributed by atoms with Crippen molar-refractivity contribution in [2.24, 2.45) is 5.92 Å². The van der Waals surface area contributed by atoms with Gasteiger partial charge in [0.1, 0.15) is 5.76 Å². The van der Waals surface area contributed by atoms with Crippen molar-refractivity contribution in [2.45, 2.75) is 64.5 Å². The van der Waals surface area contributed by atoms with Crippen molar-refractivity contribution >= 4 is 5.97 Å². The van der Waals surface area contributed by atoms with Gasteiger partial charge in [0.2, 0.25) is 5.89 Å². The average Bonchev–Trinajstić information content (AvgIpc) is 2.85. The molecular weight excluding hydrogens is 256 g/mol. The van der Waals surface area contributed by atoms with Gasteiger partial charge in [0, 0.05) is 11.5 Å². The van der Waals surface area contributed by atoms with Crippen LogP contribution in [-0.2, 0) is 16.8 Å². The molecule has 1 saturated carbocycles. The summed E-state index contributed by atoms with van der Waals surface area (Å²) in [6.45, 7) is 6.82. The molecule has 112 valence electrons. The number of nitrogens with zero attached hydrogens (tertiary/aromatic N) is 1. The Labute approximate surface area is 119 Å². The quantitative estimate of drug-likeness (QED) is 0.887. The molecule has 0 saturated heterocycles. The van der Waals surface area contributed by atoms with Gasteiger partial charge in [0.15, 0.2) is 0 Å². The molecule has 1 heterocycles. The van der Waals surface area contributed by atoms with Gasteiger partial charge >= 0.3 is 5.97 Å². The summed E-state index contributed by atoms with van der Waals surface area (Å²) in [6.07, 6.45) is 5.25. The first-order valence-corrected chi connectivity index (χ1v) is 7.27. The minimum Gasteiger partial charge on any atom is -0.481 e. The molecule has 0 aliphatic heterocycles. The second-order valence-corrected chi connectivity index (χ2v) is 6.65. The van der Waals surface area contributed by atoms with E-state index in [1.165, 1.54) is 0 Å². The lowest BCUT2D eigenvalue weighted by atomic mass is 9.86. The minimum atomic E-state index is -0.678. The molecule has 1 aliphatic rings. The first-order valence-electron chi connectivity index (χ1n) is 7.27. The minimum absolute atomic E-state index is 0.0372. The Morgan fingerprint density at radius 1 is 1.50 bits per heavy atom. The van der Waals surface area contributed by atoms with Gasteiger partial charge in [-0.25, -0.2) is 4.98 Å². The SMILES string of the molecule is CC(C)(C)c1cnc(CNC2CCCC(C(=O)O)C2)o1. The van der Waals surface area contributed by atoms with E-state index in [9.17, 15) is 4.79 Å². The Morgan fingerprint density at radius 2 is 2.25 bits per heavy atom. The van der Waals surface area contributed by atoms with Gasteiger partial charge in [0.25, 0.3) is 0 Å². The van der Waals surface area contributed by atoms with Crippen LogP contribution in [0.3, 0.4) is 0 Å². The van der Waals surface area contributed by atoms with E-state index in [0.29, 0.717) is 18.9 Å². The van der Waals surface area contributed by atoms with Gasteiger partial charge in [0.05, 0.1) is 18.7 Å². The van der Waals surface area contributed by atoms with E-state index in [0.717, 1.165) is 25.0 Å². The van der Waals surface area contributed by atoms with Crippen molar-refractivity contribution in [3.05, 3.63) is 17.8 Å². The lowest BCUT2D eigenvalue weighted by molar-refractivity contribution is -0.143. The van der Waals surface area contributed by atoms with Crippen LogP contribution in [0.4, 0.5) is 0 Å². The van der Waals surface area contributed by atoms with E-state index in [1.807, 2.05) is 0 Å². The van der Waals surface area contributed by atoms with Gasteiger partial charge in [-0.1, -0.05) is 27.2 Å². The fourth-order valence-electron chi connectivity index (χ4n) is 2.57. The van der Waals surface area contributed by atoms with Crippen LogP contribution in [0.25, 0.3) is 0 Å². The molecule has 20 heavy (non-hydrogen) atoms. The maximum absolute atomic E-state index is 11.0. The average molecular weight is 280 g/mol. The van der Waals surface area contributed by atoms with Crippen LogP contribution in [0.15, 0.2) is 10.6 Å². The second kappa shape index (κ2) is 5.95. The zero-order valence-corrected chi connectivity index (χ0v) is 12.5. The molecule has 5 heteroatoms. The first kappa shape index (κ1) is 15.0. The van der Waals surface area contributed by atoms with Crippen molar-refractivity contribution in [2.75, 3.05) is 0 Å². The van der Waals surface area contributed by atoms with Gasteiger partial charge in [-0.05, 0) is 19.3 Å². The Morgan fingerprint density at radius 3 is 2.85 bits per heavy atom. The molecule has 1 fully saturated rings. The zero-order valence-electron chi connectivity index (χ0n) is 12.5. The molecule has 0 aromatic carbocycles. The molecule has 5 nitrogen and oxygen atoms in total. The first-order chi connectivity index (χ1) is 9.36. The highest BCUT2D eigenvalue weighted by atomic mass is 16.4. The molecule has 1 aliphatic carbocycles. The number of carboxylic acids is 1. The van der Waals surface area contributed by atoms with Crippen LogP contribution in [0.1, 0.15) is 58.1 Å². The topological polar surface area (TPSA) is 75.4 Å². The number of aromatic nitrogens is 1. The van der Waals surface area contributed by atoms with Gasteiger partial charge in [-0.2, -0.15) is 0 Å². The molecule has 2 N–H and O–H groups in total. The fraction of sp³-hybridized carbons (Fsp3) is 0.733. The number of rotatable bonds is 4. The Balaban J connectivity index is 1.86. The predicted molar refractivity (Wildman–Crippen MR) is 75.4 cm³/mol. The summed E-state index contributed by atoms with van der Waals surface area (Å²) >= 11 is 0. The third-order valence-electron chi connectivity index (χ3n) is 3.86. The number of hydrogen-bond acceptors (Lipinski definition) is 4. The maximum Gasteiger partial charge on any atom is 0.306 e. The second-order valence-electron chi connectivity index (χ2n) is 6.65. The molecule has 0 bridgehead atoms. The molecule has 0 radical (unpaired) electrons. The van der Waals surface area contributed by atoms with Crippen LogP contribution >= 0.6 is 0 Å². The van der Waals surface area contributed by atoms with Crippen molar-refractivity contribution in [1.29, 1.82) is 0 Å². The molecule has 1 aromatic rings. The monoisotopic (exact) mass is 280 g/mol. The number of hydrogen-bond donors (Lipinski definition) is 2. The largest absolute Gasteiger partial charge is 0.481 e. The summed E-state index contributed by atoms with van der Waals surface area (Å²) in [6, 6.07) is 0.245. The van der Waals surface area contributed by atoms with Crippen LogP contribution in [0.5, 0.6) is 0 Å². The zero-order chi connectivity index (χ0) is 14.8. The van der Waals surface area contributed by atoms with Gasteiger partial charge < -0.3 is 14.8 Å². The normalized spacial score (nSPS) is 23.8. The van der Waals surface area contributed by atoms with E-state index >= 15 is 0 Å². The highest BCUT2D eigenvalue weighted by molar-refractivity contribution is 5.70. The van der Waals surface area contributed by atoms with E-state index in [2.05, 4.69) is 31.1 Å². The predicted octanol–water partition coefficient (Wildman–Crippen LogP) is 2.71. The third kappa shape index (κ3) is 3.82. The van der Waals surface area contributed by atoms with E-state index in [-0.39, 0.29) is 17.4 Å². The molecule has 2 rings (SSSR count). The molecule has 0 spiro atoms. The van der Waals surface area contributed by atoms with Crippen molar-refractivity contribution in [1.82, 2.24) is 10.3 Å². The van der Waals surface area contributed by atoms with Crippen LogP contribution in [-0.4, -0.2) is 22.1 Å². The lowest BCUT2D eigenvalue weighted by Gasteiger charge is -2.27. The van der Waals surface area contributed by atoms with Crippen molar-refractivity contribution in [3.63, 3.8) is 0 Å². The van der Waals surface area contributed by atoms with Crippen LogP contribution < -0.4 is 5.32 Å². The summed E-state index contributed by atoms with van der Waals surface area (Å²) in [7, 11) is 0. The van der Waals surface area contributed by atoms with E-state index < -0.39 is 5.97 Å². The number of aliphatic carboxylic acids is 1. The summed E-state index contributed by atoms with van der Waals surface area (Å²) < 4.78 is 5.72.